The van der Waals surface area contributed by atoms with Crippen LogP contribution in [0.5, 0.6) is 0 Å². The first-order valence-corrected chi connectivity index (χ1v) is 8.13. The number of hydrogen-bond acceptors (Lipinski definition) is 3. The highest BCUT2D eigenvalue weighted by Crippen LogP contribution is 2.24. The minimum atomic E-state index is -0.997. The van der Waals surface area contributed by atoms with Crippen LogP contribution in [0, 0.1) is 0 Å². The molecule has 0 fully saturated rings. The number of carbonyl (C=O) groups is 2. The van der Waals surface area contributed by atoms with Crippen LogP contribution in [-0.4, -0.2) is 16.7 Å². The summed E-state index contributed by atoms with van der Waals surface area (Å²) in [6.45, 7) is 0. The molecule has 1 heterocycles. The maximum absolute atomic E-state index is 12.8. The summed E-state index contributed by atoms with van der Waals surface area (Å²) in [5.41, 5.74) is 1.40. The minimum Gasteiger partial charge on any atom is -0.444 e. The summed E-state index contributed by atoms with van der Waals surface area (Å²) in [5, 5.41) is 0. The Morgan fingerprint density at radius 1 is 0.958 bits per heavy atom. The highest BCUT2D eigenvalue weighted by Gasteiger charge is 2.27. The van der Waals surface area contributed by atoms with Crippen LogP contribution in [0.3, 0.4) is 0 Å². The first kappa shape index (κ1) is 16.2. The topological polar surface area (TPSA) is 59.2 Å². The lowest BCUT2D eigenvalue weighted by Gasteiger charge is -2.17. The molecule has 1 N–H and O–H groups in total. The van der Waals surface area contributed by atoms with Crippen LogP contribution in [0.25, 0.3) is 0 Å². The number of carbonyl (C=O) groups excluding carboxylic acids is 2. The van der Waals surface area contributed by atoms with E-state index in [1.807, 2.05) is 12.1 Å². The number of halogens is 1. The molecule has 0 amide bonds. The number of hydrogen-bond donors (Lipinski definition) is 1. The summed E-state index contributed by atoms with van der Waals surface area (Å²) in [6.07, 6.45) is 0.635. The number of ketones is 1. The molecule has 1 aromatic heterocycles. The van der Waals surface area contributed by atoms with Gasteiger partial charge in [0.15, 0.2) is 6.10 Å². The number of H-pyrrole nitrogens is 1. The Morgan fingerprint density at radius 2 is 1.58 bits per heavy atom. The van der Waals surface area contributed by atoms with Crippen molar-refractivity contribution in [1.82, 2.24) is 4.98 Å². The van der Waals surface area contributed by atoms with Crippen LogP contribution >= 0.6 is 15.9 Å². The van der Waals surface area contributed by atoms with E-state index < -0.39 is 12.1 Å². The zero-order valence-electron chi connectivity index (χ0n) is 12.6. The predicted molar refractivity (Wildman–Crippen MR) is 93.9 cm³/mol. The Balaban J connectivity index is 1.91. The highest BCUT2D eigenvalue weighted by molar-refractivity contribution is 9.10. The molecular weight excluding hydrogens is 370 g/mol. The van der Waals surface area contributed by atoms with Gasteiger partial charge in [-0.1, -0.05) is 60.7 Å². The van der Waals surface area contributed by atoms with Crippen molar-refractivity contribution in [2.75, 3.05) is 0 Å². The second-order valence-corrected chi connectivity index (χ2v) is 6.07. The maximum Gasteiger partial charge on any atom is 0.355 e. The van der Waals surface area contributed by atoms with E-state index in [1.165, 1.54) is 0 Å². The van der Waals surface area contributed by atoms with Gasteiger partial charge in [0.05, 0.1) is 0 Å². The lowest BCUT2D eigenvalue weighted by molar-refractivity contribution is 0.0275. The van der Waals surface area contributed by atoms with Gasteiger partial charge < -0.3 is 9.72 Å². The fourth-order valence-corrected chi connectivity index (χ4v) is 2.65. The van der Waals surface area contributed by atoms with Crippen LogP contribution in [0.1, 0.15) is 32.5 Å². The SMILES string of the molecule is O=C(OC(C(=O)c1ccccc1)c1ccccc1)c1cc(Br)c[nH]1. The fourth-order valence-electron chi connectivity index (χ4n) is 2.31. The van der Waals surface area contributed by atoms with E-state index in [4.69, 9.17) is 4.74 Å². The van der Waals surface area contributed by atoms with Gasteiger partial charge in [-0.3, -0.25) is 4.79 Å². The fraction of sp³-hybridized carbons (Fsp3) is 0.0526. The molecule has 0 aliphatic carbocycles. The average molecular weight is 384 g/mol. The van der Waals surface area contributed by atoms with Crippen molar-refractivity contribution in [3.05, 3.63) is 94.2 Å². The van der Waals surface area contributed by atoms with E-state index in [0.717, 1.165) is 4.47 Å². The molecule has 0 bridgehead atoms. The van der Waals surface area contributed by atoms with Crippen molar-refractivity contribution < 1.29 is 14.3 Å². The molecule has 3 aromatic rings. The molecule has 0 saturated carbocycles. The van der Waals surface area contributed by atoms with Crippen molar-refractivity contribution in [2.45, 2.75) is 6.10 Å². The molecule has 0 radical (unpaired) electrons. The number of nitrogens with one attached hydrogen (secondary N) is 1. The molecule has 0 spiro atoms. The largest absolute Gasteiger partial charge is 0.444 e. The monoisotopic (exact) mass is 383 g/mol. The maximum atomic E-state index is 12.8. The number of ether oxygens (including phenoxy) is 1. The predicted octanol–water partition coefficient (Wildman–Crippen LogP) is 4.56. The first-order chi connectivity index (χ1) is 11.6. The van der Waals surface area contributed by atoms with Gasteiger partial charge in [0, 0.05) is 21.8 Å². The highest BCUT2D eigenvalue weighted by atomic mass is 79.9. The van der Waals surface area contributed by atoms with Gasteiger partial charge in [0.2, 0.25) is 5.78 Å². The van der Waals surface area contributed by atoms with Crippen molar-refractivity contribution in [2.24, 2.45) is 0 Å². The summed E-state index contributed by atoms with van der Waals surface area (Å²) >= 11 is 3.27. The second-order valence-electron chi connectivity index (χ2n) is 5.16. The molecule has 1 unspecified atom stereocenters. The number of benzene rings is 2. The third-order valence-electron chi connectivity index (χ3n) is 3.49. The van der Waals surface area contributed by atoms with Crippen molar-refractivity contribution in [1.29, 1.82) is 0 Å². The number of aromatic nitrogens is 1. The molecule has 0 saturated heterocycles. The van der Waals surface area contributed by atoms with Gasteiger partial charge in [0.25, 0.3) is 0 Å². The van der Waals surface area contributed by atoms with Gasteiger partial charge in [-0.05, 0) is 22.0 Å². The average Bonchev–Trinajstić information content (AvgIpc) is 3.07. The Bertz CT molecular complexity index is 843. The number of aromatic amines is 1. The molecule has 1 atom stereocenters. The molecule has 2 aromatic carbocycles. The number of Topliss-reactive ketones (excluding diaryl/α,β-unsaturated/α-hetero) is 1. The molecule has 5 heteroatoms. The summed E-state index contributed by atoms with van der Waals surface area (Å²) in [7, 11) is 0. The number of rotatable bonds is 5. The minimum absolute atomic E-state index is 0.263. The molecule has 3 rings (SSSR count). The smallest absolute Gasteiger partial charge is 0.355 e. The van der Waals surface area contributed by atoms with Crippen LogP contribution in [0.2, 0.25) is 0 Å². The van der Waals surface area contributed by atoms with E-state index in [0.29, 0.717) is 11.1 Å². The van der Waals surface area contributed by atoms with E-state index in [-0.39, 0.29) is 11.5 Å². The Labute approximate surface area is 147 Å². The normalized spacial score (nSPS) is 11.7. The van der Waals surface area contributed by atoms with Crippen LogP contribution in [0.4, 0.5) is 0 Å². The van der Waals surface area contributed by atoms with E-state index in [1.54, 1.807) is 60.8 Å². The first-order valence-electron chi connectivity index (χ1n) is 7.34. The number of esters is 1. The summed E-state index contributed by atoms with van der Waals surface area (Å²) in [4.78, 5) is 28.0. The molecular formula is C19H14BrNO3. The summed E-state index contributed by atoms with van der Waals surface area (Å²) < 4.78 is 6.25. The molecule has 120 valence electrons. The Morgan fingerprint density at radius 3 is 2.17 bits per heavy atom. The molecule has 0 aliphatic rings. The molecule has 4 nitrogen and oxygen atoms in total. The third-order valence-corrected chi connectivity index (χ3v) is 3.95. The quantitative estimate of drug-likeness (QED) is 0.518. The van der Waals surface area contributed by atoms with E-state index >= 15 is 0 Å². The Hall–Kier alpha value is -2.66. The lowest BCUT2D eigenvalue weighted by atomic mass is 10.00. The standard InChI is InChI=1S/C19H14BrNO3/c20-15-11-16(21-12-15)19(23)24-18(14-9-5-2-6-10-14)17(22)13-7-3-1-4-8-13/h1-12,18,21H. The van der Waals surface area contributed by atoms with Gasteiger partial charge in [0.1, 0.15) is 5.69 Å². The van der Waals surface area contributed by atoms with Crippen LogP contribution in [0.15, 0.2) is 77.4 Å². The van der Waals surface area contributed by atoms with Gasteiger partial charge in [-0.2, -0.15) is 0 Å². The molecule has 0 aliphatic heterocycles. The van der Waals surface area contributed by atoms with Crippen molar-refractivity contribution in [3.8, 4) is 0 Å². The lowest BCUT2D eigenvalue weighted by Crippen LogP contribution is -2.20. The zero-order valence-corrected chi connectivity index (χ0v) is 14.2. The third kappa shape index (κ3) is 3.63. The van der Waals surface area contributed by atoms with Crippen LogP contribution in [-0.2, 0) is 4.74 Å². The van der Waals surface area contributed by atoms with Crippen molar-refractivity contribution >= 4 is 27.7 Å². The van der Waals surface area contributed by atoms with Crippen LogP contribution < -0.4 is 0 Å². The van der Waals surface area contributed by atoms with Gasteiger partial charge >= 0.3 is 5.97 Å². The van der Waals surface area contributed by atoms with Gasteiger partial charge in [-0.15, -0.1) is 0 Å². The van der Waals surface area contributed by atoms with E-state index in [9.17, 15) is 9.59 Å². The second kappa shape index (κ2) is 7.27. The summed E-state index contributed by atoms with van der Waals surface area (Å²) in [5.74, 6) is -0.848. The van der Waals surface area contributed by atoms with Gasteiger partial charge in [-0.25, -0.2) is 4.79 Å². The zero-order chi connectivity index (χ0) is 16.9. The summed E-state index contributed by atoms with van der Waals surface area (Å²) in [6, 6.07) is 19.4. The Kier molecular flexibility index (Phi) is 4.91. The van der Waals surface area contributed by atoms with Crippen molar-refractivity contribution in [3.63, 3.8) is 0 Å². The molecule has 24 heavy (non-hydrogen) atoms. The van der Waals surface area contributed by atoms with E-state index in [2.05, 4.69) is 20.9 Å².